The molecule has 3 aromatic carbocycles. The molecule has 5 nitrogen and oxygen atoms in total. The van der Waals surface area contributed by atoms with Crippen LogP contribution in [-0.4, -0.2) is 34.0 Å². The predicted octanol–water partition coefficient (Wildman–Crippen LogP) is 4.11. The average molecular weight is 394 g/mol. The summed E-state index contributed by atoms with van der Waals surface area (Å²) in [6, 6.07) is 21.4. The lowest BCUT2D eigenvalue weighted by atomic mass is 9.98. The molecule has 0 radical (unpaired) electrons. The van der Waals surface area contributed by atoms with Crippen molar-refractivity contribution < 1.29 is 24.9 Å². The number of benzene rings is 3. The van der Waals surface area contributed by atoms with Gasteiger partial charge in [-0.2, -0.15) is 0 Å². The summed E-state index contributed by atoms with van der Waals surface area (Å²) in [5.74, 6) is -0.234. The van der Waals surface area contributed by atoms with E-state index in [0.29, 0.717) is 25.0 Å². The first-order valence-corrected chi connectivity index (χ1v) is 9.79. The molecular weight excluding hydrogens is 368 g/mol. The van der Waals surface area contributed by atoms with Crippen molar-refractivity contribution in [2.75, 3.05) is 6.61 Å². The number of carboxylic acid groups (broad SMARTS) is 1. The Morgan fingerprint density at radius 1 is 0.931 bits per heavy atom. The maximum absolute atomic E-state index is 10.6. The minimum Gasteiger partial charge on any atom is -0.491 e. The van der Waals surface area contributed by atoms with Crippen molar-refractivity contribution in [3.63, 3.8) is 0 Å². The second-order valence-corrected chi connectivity index (χ2v) is 7.22. The molecule has 0 aliphatic carbocycles. The molecule has 2 unspecified atom stereocenters. The van der Waals surface area contributed by atoms with E-state index >= 15 is 0 Å². The lowest BCUT2D eigenvalue weighted by Gasteiger charge is -2.14. The molecule has 0 aliphatic heterocycles. The monoisotopic (exact) mass is 394 g/mol. The zero-order valence-electron chi connectivity index (χ0n) is 16.2. The van der Waals surface area contributed by atoms with E-state index < -0.39 is 18.2 Å². The Hall–Kier alpha value is -2.89. The molecule has 29 heavy (non-hydrogen) atoms. The normalized spacial score (nSPS) is 13.2. The highest BCUT2D eigenvalue weighted by molar-refractivity contribution is 5.84. The van der Waals surface area contributed by atoms with Gasteiger partial charge < -0.3 is 20.1 Å². The Morgan fingerprint density at radius 3 is 2.45 bits per heavy atom. The summed E-state index contributed by atoms with van der Waals surface area (Å²) >= 11 is 0. The van der Waals surface area contributed by atoms with E-state index in [9.17, 15) is 15.0 Å². The predicted molar refractivity (Wildman–Crippen MR) is 112 cm³/mol. The highest BCUT2D eigenvalue weighted by atomic mass is 16.5. The number of hydrogen-bond acceptors (Lipinski definition) is 4. The molecular formula is C24H26O5. The zero-order valence-corrected chi connectivity index (χ0v) is 16.2. The van der Waals surface area contributed by atoms with Crippen molar-refractivity contribution in [3.8, 4) is 5.75 Å². The molecule has 2 atom stereocenters. The fourth-order valence-corrected chi connectivity index (χ4v) is 3.26. The lowest BCUT2D eigenvalue weighted by molar-refractivity contribution is -0.137. The van der Waals surface area contributed by atoms with Crippen LogP contribution < -0.4 is 4.74 Å². The van der Waals surface area contributed by atoms with E-state index in [4.69, 9.17) is 9.84 Å². The van der Waals surface area contributed by atoms with Crippen LogP contribution in [0.15, 0.2) is 66.7 Å². The molecule has 0 aliphatic rings. The smallest absolute Gasteiger partial charge is 0.303 e. The van der Waals surface area contributed by atoms with Gasteiger partial charge in [0, 0.05) is 12.8 Å². The van der Waals surface area contributed by atoms with Crippen LogP contribution in [0.4, 0.5) is 0 Å². The summed E-state index contributed by atoms with van der Waals surface area (Å²) in [4.78, 5) is 10.5. The molecule has 5 heteroatoms. The summed E-state index contributed by atoms with van der Waals surface area (Å²) < 4.78 is 5.67. The molecule has 0 spiro atoms. The molecule has 0 fully saturated rings. The van der Waals surface area contributed by atoms with Gasteiger partial charge in [-0.05, 0) is 52.9 Å². The maximum Gasteiger partial charge on any atom is 0.303 e. The van der Waals surface area contributed by atoms with Crippen LogP contribution in [0.2, 0.25) is 0 Å². The van der Waals surface area contributed by atoms with E-state index in [1.807, 2.05) is 66.7 Å². The third-order valence-electron chi connectivity index (χ3n) is 4.86. The van der Waals surface area contributed by atoms with Crippen molar-refractivity contribution in [2.24, 2.45) is 0 Å². The minimum atomic E-state index is -0.863. The largest absolute Gasteiger partial charge is 0.491 e. The van der Waals surface area contributed by atoms with Crippen LogP contribution in [0.5, 0.6) is 5.75 Å². The summed E-state index contributed by atoms with van der Waals surface area (Å²) in [5, 5.41) is 31.2. The van der Waals surface area contributed by atoms with Gasteiger partial charge in [0.05, 0.1) is 12.2 Å². The van der Waals surface area contributed by atoms with Crippen LogP contribution in [0, 0.1) is 0 Å². The zero-order chi connectivity index (χ0) is 20.6. The lowest BCUT2D eigenvalue weighted by Crippen LogP contribution is -2.17. The van der Waals surface area contributed by atoms with Gasteiger partial charge in [-0.3, -0.25) is 4.79 Å². The van der Waals surface area contributed by atoms with Crippen molar-refractivity contribution >= 4 is 16.7 Å². The van der Waals surface area contributed by atoms with E-state index in [1.165, 1.54) is 0 Å². The third-order valence-corrected chi connectivity index (χ3v) is 4.86. The van der Waals surface area contributed by atoms with E-state index in [1.54, 1.807) is 0 Å². The van der Waals surface area contributed by atoms with Crippen LogP contribution >= 0.6 is 0 Å². The number of rotatable bonds is 10. The molecule has 3 aromatic rings. The third kappa shape index (κ3) is 6.31. The van der Waals surface area contributed by atoms with Crippen LogP contribution in [0.25, 0.3) is 10.8 Å². The summed E-state index contributed by atoms with van der Waals surface area (Å²) in [5.41, 5.74) is 1.92. The summed E-state index contributed by atoms with van der Waals surface area (Å²) in [7, 11) is 0. The number of fused-ring (bicyclic) bond motifs is 1. The topological polar surface area (TPSA) is 87.0 Å². The fraction of sp³-hybridized carbons (Fsp3) is 0.292. The number of carboxylic acids is 1. The van der Waals surface area contributed by atoms with Gasteiger partial charge in [0.1, 0.15) is 12.4 Å². The summed E-state index contributed by atoms with van der Waals surface area (Å²) in [6.07, 6.45) is 0.0915. The van der Waals surface area contributed by atoms with E-state index in [-0.39, 0.29) is 13.0 Å². The van der Waals surface area contributed by atoms with Crippen molar-refractivity contribution in [2.45, 2.75) is 37.9 Å². The first kappa shape index (κ1) is 20.8. The number of hydrogen-bond donors (Lipinski definition) is 3. The molecule has 152 valence electrons. The van der Waals surface area contributed by atoms with Crippen LogP contribution in [0.1, 0.15) is 36.5 Å². The molecule has 0 saturated heterocycles. The molecule has 3 N–H and O–H groups in total. The van der Waals surface area contributed by atoms with Gasteiger partial charge in [0.2, 0.25) is 0 Å². The molecule has 3 rings (SSSR count). The minimum absolute atomic E-state index is 0.0428. The number of aliphatic carboxylic acids is 1. The molecule has 0 aromatic heterocycles. The molecule has 0 heterocycles. The van der Waals surface area contributed by atoms with Crippen LogP contribution in [0.3, 0.4) is 0 Å². The Morgan fingerprint density at radius 2 is 1.69 bits per heavy atom. The quantitative estimate of drug-likeness (QED) is 0.482. The number of aliphatic hydroxyl groups excluding tert-OH is 2. The second kappa shape index (κ2) is 10.0. The molecule has 0 saturated carbocycles. The Kier molecular flexibility index (Phi) is 7.22. The van der Waals surface area contributed by atoms with Gasteiger partial charge in [0.25, 0.3) is 0 Å². The molecule has 0 amide bonds. The van der Waals surface area contributed by atoms with E-state index in [0.717, 1.165) is 21.9 Å². The first-order valence-electron chi connectivity index (χ1n) is 9.79. The number of carbonyl (C=O) groups is 1. The van der Waals surface area contributed by atoms with Crippen molar-refractivity contribution in [3.05, 3.63) is 77.9 Å². The number of aliphatic hydroxyl groups is 2. The average Bonchev–Trinajstić information content (AvgIpc) is 2.72. The Balaban J connectivity index is 1.63. The van der Waals surface area contributed by atoms with Gasteiger partial charge >= 0.3 is 5.97 Å². The van der Waals surface area contributed by atoms with E-state index in [2.05, 4.69) is 0 Å². The summed E-state index contributed by atoms with van der Waals surface area (Å²) in [6.45, 7) is 0.113. The SMILES string of the molecule is O=C(O)CCCC(O)COc1ccc2ccc(C(O)Cc3ccccc3)cc2c1. The van der Waals surface area contributed by atoms with Gasteiger partial charge in [-0.1, -0.05) is 48.5 Å². The second-order valence-electron chi connectivity index (χ2n) is 7.22. The Bertz CT molecular complexity index is 938. The van der Waals surface area contributed by atoms with Crippen molar-refractivity contribution in [1.82, 2.24) is 0 Å². The highest BCUT2D eigenvalue weighted by Gasteiger charge is 2.11. The standard InChI is InChI=1S/C24H26O5/c25-21(7-4-8-24(27)28)16-29-22-12-11-18-9-10-19(14-20(18)15-22)23(26)13-17-5-2-1-3-6-17/h1-3,5-6,9-12,14-15,21,23,25-26H,4,7-8,13,16H2,(H,27,28). The first-order chi connectivity index (χ1) is 14.0. The number of ether oxygens (including phenoxy) is 1. The van der Waals surface area contributed by atoms with Gasteiger partial charge in [-0.15, -0.1) is 0 Å². The van der Waals surface area contributed by atoms with Gasteiger partial charge in [0.15, 0.2) is 0 Å². The van der Waals surface area contributed by atoms with Crippen LogP contribution in [-0.2, 0) is 11.2 Å². The maximum atomic E-state index is 10.6. The van der Waals surface area contributed by atoms with Gasteiger partial charge in [-0.25, -0.2) is 0 Å². The van der Waals surface area contributed by atoms with Crippen molar-refractivity contribution in [1.29, 1.82) is 0 Å². The Labute approximate surface area is 170 Å². The fourth-order valence-electron chi connectivity index (χ4n) is 3.26. The highest BCUT2D eigenvalue weighted by Crippen LogP contribution is 2.26. The molecule has 0 bridgehead atoms.